The summed E-state index contributed by atoms with van der Waals surface area (Å²) in [5, 5.41) is 6.35. The van der Waals surface area contributed by atoms with E-state index < -0.39 is 23.2 Å². The number of rotatable bonds is 20. The van der Waals surface area contributed by atoms with Crippen molar-refractivity contribution < 1.29 is 42.5 Å². The first kappa shape index (κ1) is 42.8. The molecule has 0 fully saturated rings. The van der Waals surface area contributed by atoms with Gasteiger partial charge in [0.05, 0.1) is 45.0 Å². The van der Waals surface area contributed by atoms with Gasteiger partial charge in [-0.3, -0.25) is 9.59 Å². The predicted octanol–water partition coefficient (Wildman–Crippen LogP) is 6.84. The lowest BCUT2D eigenvalue weighted by molar-refractivity contribution is -0.122. The van der Waals surface area contributed by atoms with E-state index in [1.165, 1.54) is 18.7 Å². The second kappa shape index (κ2) is 20.2. The zero-order valence-electron chi connectivity index (χ0n) is 33.5. The molecule has 12 heteroatoms. The molecular weight excluding hydrogens is 730 g/mol. The van der Waals surface area contributed by atoms with Gasteiger partial charge in [-0.1, -0.05) is 50.2 Å². The minimum absolute atomic E-state index is 0.0473. The van der Waals surface area contributed by atoms with Crippen LogP contribution in [0.5, 0.6) is 17.2 Å². The van der Waals surface area contributed by atoms with Crippen LogP contribution >= 0.6 is 0 Å². The molecule has 4 aromatic carbocycles. The minimum Gasteiger partial charge on any atom is -0.487 e. The summed E-state index contributed by atoms with van der Waals surface area (Å²) in [6.45, 7) is 10.7. The number of methoxy groups -OCH3 is 1. The van der Waals surface area contributed by atoms with Crippen molar-refractivity contribution in [3.63, 3.8) is 0 Å². The molecule has 1 aliphatic rings. The van der Waals surface area contributed by atoms with Gasteiger partial charge in [0.1, 0.15) is 18.2 Å². The maximum absolute atomic E-state index is 15.5. The molecule has 0 aliphatic carbocycles. The number of carbonyl (C=O) groups excluding carboxylic acids is 3. The molecule has 1 heterocycles. The monoisotopic (exact) mass is 783 g/mol. The van der Waals surface area contributed by atoms with Gasteiger partial charge in [0.25, 0.3) is 0 Å². The molecule has 0 aromatic heterocycles. The van der Waals surface area contributed by atoms with Gasteiger partial charge in [0, 0.05) is 36.7 Å². The Balaban J connectivity index is 1.14. The Labute approximate surface area is 334 Å². The standard InChI is InChI=1S/C45H54FN3O8/c1-29(2)24-31-6-8-32(9-7-31)30(3)43(51)48-18-19-54-20-21-55-22-23-56-40-25-35-16-17-49-45(4,28-42(47)50)38(35)27-41(40)57-36-14-15-37(39(46)26-36)33-10-12-34(13-11-33)44(52)53-5/h6-15,25-27,29-30,49H,16-24,28H2,1-5H3,(H2,47,50)(H,48,51)/t30-,45+/m0/s1. The van der Waals surface area contributed by atoms with Crippen molar-refractivity contribution in [2.75, 3.05) is 53.2 Å². The van der Waals surface area contributed by atoms with Crippen LogP contribution < -0.4 is 25.8 Å². The van der Waals surface area contributed by atoms with E-state index in [9.17, 15) is 14.4 Å². The van der Waals surface area contributed by atoms with Gasteiger partial charge in [0.15, 0.2) is 11.5 Å². The van der Waals surface area contributed by atoms with E-state index in [0.717, 1.165) is 23.1 Å². The summed E-state index contributed by atoms with van der Waals surface area (Å²) in [5.74, 6) is -0.151. The second-order valence-corrected chi connectivity index (χ2v) is 14.8. The molecule has 57 heavy (non-hydrogen) atoms. The lowest BCUT2D eigenvalue weighted by Gasteiger charge is -2.37. The largest absolute Gasteiger partial charge is 0.487 e. The number of fused-ring (bicyclic) bond motifs is 1. The van der Waals surface area contributed by atoms with Crippen LogP contribution in [-0.4, -0.2) is 71.0 Å². The molecule has 11 nitrogen and oxygen atoms in total. The molecule has 0 unspecified atom stereocenters. The third-order valence-electron chi connectivity index (χ3n) is 9.91. The van der Waals surface area contributed by atoms with E-state index in [-0.39, 0.29) is 37.2 Å². The second-order valence-electron chi connectivity index (χ2n) is 14.8. The third-order valence-corrected chi connectivity index (χ3v) is 9.91. The summed E-state index contributed by atoms with van der Waals surface area (Å²) in [5.41, 5.74) is 10.2. The number of carbonyl (C=O) groups is 3. The van der Waals surface area contributed by atoms with Crippen molar-refractivity contribution >= 4 is 17.8 Å². The van der Waals surface area contributed by atoms with Crippen LogP contribution in [0, 0.1) is 11.7 Å². The Hall–Kier alpha value is -5.30. The summed E-state index contributed by atoms with van der Waals surface area (Å²) in [4.78, 5) is 36.5. The summed E-state index contributed by atoms with van der Waals surface area (Å²) >= 11 is 0. The van der Waals surface area contributed by atoms with Crippen LogP contribution in [-0.2, 0) is 42.2 Å². The van der Waals surface area contributed by atoms with Crippen LogP contribution in [0.2, 0.25) is 0 Å². The topological polar surface area (TPSA) is 147 Å². The molecule has 0 saturated carbocycles. The van der Waals surface area contributed by atoms with Crippen molar-refractivity contribution in [3.8, 4) is 28.4 Å². The molecule has 4 aromatic rings. The highest BCUT2D eigenvalue weighted by Gasteiger charge is 2.35. The highest BCUT2D eigenvalue weighted by atomic mass is 19.1. The number of hydrogen-bond acceptors (Lipinski definition) is 9. The normalized spacial score (nSPS) is 15.4. The Morgan fingerprint density at radius 1 is 0.877 bits per heavy atom. The first-order valence-corrected chi connectivity index (χ1v) is 19.4. The van der Waals surface area contributed by atoms with Crippen molar-refractivity contribution in [2.45, 2.75) is 58.4 Å². The van der Waals surface area contributed by atoms with Crippen molar-refractivity contribution in [3.05, 3.63) is 112 Å². The van der Waals surface area contributed by atoms with Crippen LogP contribution in [0.1, 0.15) is 72.6 Å². The van der Waals surface area contributed by atoms with Gasteiger partial charge in [-0.2, -0.15) is 0 Å². The lowest BCUT2D eigenvalue weighted by atomic mass is 9.81. The predicted molar refractivity (Wildman–Crippen MR) is 216 cm³/mol. The Morgan fingerprint density at radius 2 is 1.58 bits per heavy atom. The fourth-order valence-corrected chi connectivity index (χ4v) is 6.91. The molecule has 0 bridgehead atoms. The molecule has 0 saturated heterocycles. The minimum atomic E-state index is -0.731. The zero-order chi connectivity index (χ0) is 41.0. The average molecular weight is 784 g/mol. The summed E-state index contributed by atoms with van der Waals surface area (Å²) < 4.78 is 44.1. The number of nitrogens with two attached hydrogens (primary N) is 1. The Kier molecular flexibility index (Phi) is 15.2. The number of amides is 2. The first-order chi connectivity index (χ1) is 27.4. The fraction of sp³-hybridized carbons (Fsp3) is 0.400. The summed E-state index contributed by atoms with van der Waals surface area (Å²) in [6, 6.07) is 22.9. The van der Waals surface area contributed by atoms with Crippen molar-refractivity contribution in [1.29, 1.82) is 0 Å². The quantitative estimate of drug-likeness (QED) is 0.0648. The smallest absolute Gasteiger partial charge is 0.337 e. The van der Waals surface area contributed by atoms with Gasteiger partial charge in [-0.25, -0.2) is 9.18 Å². The molecule has 5 rings (SSSR count). The summed E-state index contributed by atoms with van der Waals surface area (Å²) in [6.07, 6.45) is 1.78. The van der Waals surface area contributed by atoms with Gasteiger partial charge >= 0.3 is 5.97 Å². The highest BCUT2D eigenvalue weighted by Crippen LogP contribution is 2.41. The third kappa shape index (κ3) is 11.9. The van der Waals surface area contributed by atoms with E-state index in [0.29, 0.717) is 73.4 Å². The molecular formula is C45H54FN3O8. The number of nitrogens with one attached hydrogen (secondary N) is 2. The number of primary amides is 1. The number of esters is 1. The molecule has 304 valence electrons. The van der Waals surface area contributed by atoms with Gasteiger partial charge in [-0.05, 0) is 96.8 Å². The molecule has 0 spiro atoms. The van der Waals surface area contributed by atoms with Crippen LogP contribution in [0.25, 0.3) is 11.1 Å². The van der Waals surface area contributed by atoms with E-state index >= 15 is 4.39 Å². The SMILES string of the molecule is COC(=O)c1ccc(-c2ccc(Oc3cc4c(cc3OCCOCCOCCNC(=O)[C@@H](C)c3ccc(CC(C)C)cc3)CCN[C@]4(C)CC(N)=O)cc2F)cc1. The maximum Gasteiger partial charge on any atom is 0.337 e. The van der Waals surface area contributed by atoms with Crippen molar-refractivity contribution in [2.24, 2.45) is 11.7 Å². The number of halogens is 1. The van der Waals surface area contributed by atoms with Crippen LogP contribution in [0.15, 0.2) is 78.9 Å². The first-order valence-electron chi connectivity index (χ1n) is 19.4. The van der Waals surface area contributed by atoms with E-state index in [2.05, 4.69) is 36.6 Å². The van der Waals surface area contributed by atoms with E-state index in [1.807, 2.05) is 38.1 Å². The van der Waals surface area contributed by atoms with Crippen LogP contribution in [0.3, 0.4) is 0 Å². The van der Waals surface area contributed by atoms with E-state index in [1.54, 1.807) is 36.4 Å². The Bertz CT molecular complexity index is 1990. The summed E-state index contributed by atoms with van der Waals surface area (Å²) in [7, 11) is 1.30. The van der Waals surface area contributed by atoms with Crippen molar-refractivity contribution in [1.82, 2.24) is 10.6 Å². The molecule has 1 aliphatic heterocycles. The molecule has 4 N–H and O–H groups in total. The molecule has 2 atom stereocenters. The van der Waals surface area contributed by atoms with Crippen LogP contribution in [0.4, 0.5) is 4.39 Å². The van der Waals surface area contributed by atoms with E-state index in [4.69, 9.17) is 29.4 Å². The molecule has 0 radical (unpaired) electrons. The number of hydrogen-bond donors (Lipinski definition) is 3. The average Bonchev–Trinajstić information content (AvgIpc) is 3.18. The molecule has 2 amide bonds. The highest BCUT2D eigenvalue weighted by molar-refractivity contribution is 5.90. The van der Waals surface area contributed by atoms with Gasteiger partial charge in [-0.15, -0.1) is 0 Å². The maximum atomic E-state index is 15.5. The zero-order valence-corrected chi connectivity index (χ0v) is 33.5. The lowest BCUT2D eigenvalue weighted by Crippen LogP contribution is -2.47. The van der Waals surface area contributed by atoms with Gasteiger partial charge in [0.2, 0.25) is 11.8 Å². The van der Waals surface area contributed by atoms with Gasteiger partial charge < -0.3 is 40.1 Å². The number of benzene rings is 4. The Morgan fingerprint density at radius 3 is 2.25 bits per heavy atom. The fourth-order valence-electron chi connectivity index (χ4n) is 6.91. The number of ether oxygens (including phenoxy) is 5.